The summed E-state index contributed by atoms with van der Waals surface area (Å²) in [5, 5.41) is 0. The van der Waals surface area contributed by atoms with Crippen LogP contribution in [0.5, 0.6) is 0 Å². The Kier molecular flexibility index (Phi) is 4.43. The van der Waals surface area contributed by atoms with E-state index < -0.39 is 0 Å². The predicted molar refractivity (Wildman–Crippen MR) is 80.3 cm³/mol. The fourth-order valence-corrected chi connectivity index (χ4v) is 3.98. The molecule has 0 radical (unpaired) electrons. The monoisotopic (exact) mass is 278 g/mol. The maximum Gasteiger partial charge on any atom is 0.0835 e. The number of thioether (sulfide) groups is 1. The van der Waals surface area contributed by atoms with Crippen LogP contribution in [0.3, 0.4) is 0 Å². The summed E-state index contributed by atoms with van der Waals surface area (Å²) in [6.07, 6.45) is 4.97. The minimum Gasteiger partial charge on any atom is -0.375 e. The van der Waals surface area contributed by atoms with Gasteiger partial charge < -0.3 is 4.74 Å². The van der Waals surface area contributed by atoms with Gasteiger partial charge in [-0.05, 0) is 42.4 Å². The number of ether oxygens (including phenoxy) is 1. The molecule has 0 aromatic heterocycles. The number of nitrogens with two attached hydrogens (primary N) is 1. The first-order chi connectivity index (χ1) is 9.36. The maximum absolute atomic E-state index is 5.83. The molecule has 3 N–H and O–H groups in total. The van der Waals surface area contributed by atoms with Gasteiger partial charge in [-0.2, -0.15) is 11.8 Å². The Hall–Kier alpha value is -0.550. The fourth-order valence-electron chi connectivity index (χ4n) is 3.04. The van der Waals surface area contributed by atoms with E-state index in [9.17, 15) is 0 Å². The smallest absolute Gasteiger partial charge is 0.0835 e. The van der Waals surface area contributed by atoms with Gasteiger partial charge in [0.15, 0.2) is 0 Å². The number of rotatable bonds is 4. The Balaban J connectivity index is 1.68. The normalized spacial score (nSPS) is 24.2. The Bertz CT molecular complexity index is 432. The van der Waals surface area contributed by atoms with Crippen LogP contribution in [0.1, 0.15) is 23.1 Å². The maximum atomic E-state index is 5.83. The molecule has 1 aliphatic carbocycles. The molecular weight excluding hydrogens is 256 g/mol. The van der Waals surface area contributed by atoms with Gasteiger partial charge in [0.1, 0.15) is 0 Å². The number of fused-ring (bicyclic) bond motifs is 1. The molecule has 0 bridgehead atoms. The van der Waals surface area contributed by atoms with Crippen LogP contribution < -0.4 is 11.3 Å². The SMILES string of the molecule is NNC(Cc1ccc2c(c1)CCC2)C1CSCCO1. The molecule has 19 heavy (non-hydrogen) atoms. The van der Waals surface area contributed by atoms with Crippen LogP contribution in [-0.2, 0) is 24.0 Å². The third-order valence-electron chi connectivity index (χ3n) is 4.12. The molecule has 1 aromatic carbocycles. The number of benzene rings is 1. The van der Waals surface area contributed by atoms with Gasteiger partial charge in [-0.25, -0.2) is 0 Å². The zero-order chi connectivity index (χ0) is 13.1. The summed E-state index contributed by atoms with van der Waals surface area (Å²) >= 11 is 1.96. The molecule has 3 rings (SSSR count). The molecule has 1 saturated heterocycles. The second kappa shape index (κ2) is 6.27. The second-order valence-electron chi connectivity index (χ2n) is 5.42. The molecule has 104 valence electrons. The van der Waals surface area contributed by atoms with Crippen LogP contribution in [0.15, 0.2) is 18.2 Å². The van der Waals surface area contributed by atoms with Crippen molar-refractivity contribution in [3.8, 4) is 0 Å². The van der Waals surface area contributed by atoms with Crippen molar-refractivity contribution < 1.29 is 4.74 Å². The van der Waals surface area contributed by atoms with Crippen LogP contribution in [0.4, 0.5) is 0 Å². The first-order valence-corrected chi connectivity index (χ1v) is 8.28. The average Bonchev–Trinajstić information content (AvgIpc) is 2.93. The molecule has 1 heterocycles. The van der Waals surface area contributed by atoms with Gasteiger partial charge in [0.05, 0.1) is 18.8 Å². The molecule has 4 heteroatoms. The van der Waals surface area contributed by atoms with E-state index in [2.05, 4.69) is 23.6 Å². The van der Waals surface area contributed by atoms with E-state index in [0.29, 0.717) is 0 Å². The van der Waals surface area contributed by atoms with E-state index in [0.717, 1.165) is 24.5 Å². The van der Waals surface area contributed by atoms with Crippen LogP contribution in [0.25, 0.3) is 0 Å². The van der Waals surface area contributed by atoms with E-state index in [1.54, 1.807) is 0 Å². The highest BCUT2D eigenvalue weighted by Gasteiger charge is 2.24. The van der Waals surface area contributed by atoms with Crippen molar-refractivity contribution in [2.75, 3.05) is 18.1 Å². The van der Waals surface area contributed by atoms with Crippen molar-refractivity contribution in [2.45, 2.75) is 37.8 Å². The van der Waals surface area contributed by atoms with Gasteiger partial charge >= 0.3 is 0 Å². The van der Waals surface area contributed by atoms with Gasteiger partial charge in [0, 0.05) is 11.5 Å². The lowest BCUT2D eigenvalue weighted by atomic mass is 9.99. The molecule has 2 aliphatic rings. The fraction of sp³-hybridized carbons (Fsp3) is 0.600. The van der Waals surface area contributed by atoms with E-state index in [-0.39, 0.29) is 12.1 Å². The van der Waals surface area contributed by atoms with Crippen LogP contribution in [-0.4, -0.2) is 30.3 Å². The van der Waals surface area contributed by atoms with E-state index >= 15 is 0 Å². The molecule has 1 fully saturated rings. The summed E-state index contributed by atoms with van der Waals surface area (Å²) in [6.45, 7) is 0.845. The third-order valence-corrected chi connectivity index (χ3v) is 5.14. The first kappa shape index (κ1) is 13.4. The van der Waals surface area contributed by atoms with Gasteiger partial charge in [0.2, 0.25) is 0 Å². The second-order valence-corrected chi connectivity index (χ2v) is 6.57. The van der Waals surface area contributed by atoms with Crippen molar-refractivity contribution in [3.05, 3.63) is 34.9 Å². The van der Waals surface area contributed by atoms with E-state index in [1.165, 1.54) is 36.0 Å². The standard InChI is InChI=1S/C15H22N2OS/c16-17-14(15-10-19-7-6-18-15)9-11-4-5-12-2-1-3-13(12)8-11/h4-5,8,14-15,17H,1-3,6-7,9-10,16H2. The lowest BCUT2D eigenvalue weighted by Gasteiger charge is -2.29. The molecule has 1 aromatic rings. The van der Waals surface area contributed by atoms with Crippen LogP contribution >= 0.6 is 11.8 Å². The highest BCUT2D eigenvalue weighted by molar-refractivity contribution is 7.99. The lowest BCUT2D eigenvalue weighted by Crippen LogP contribution is -2.49. The number of hydrazine groups is 1. The summed E-state index contributed by atoms with van der Waals surface area (Å²) in [4.78, 5) is 0. The van der Waals surface area contributed by atoms with Gasteiger partial charge in [-0.1, -0.05) is 18.2 Å². The van der Waals surface area contributed by atoms with Crippen LogP contribution in [0.2, 0.25) is 0 Å². The molecule has 1 aliphatic heterocycles. The molecular formula is C15H22N2OS. The number of hydrogen-bond donors (Lipinski definition) is 2. The van der Waals surface area contributed by atoms with Crippen molar-refractivity contribution in [2.24, 2.45) is 5.84 Å². The molecule has 2 unspecified atom stereocenters. The Morgan fingerprint density at radius 3 is 3.05 bits per heavy atom. The third kappa shape index (κ3) is 3.14. The number of hydrogen-bond acceptors (Lipinski definition) is 4. The van der Waals surface area contributed by atoms with Crippen molar-refractivity contribution >= 4 is 11.8 Å². The number of nitrogens with one attached hydrogen (secondary N) is 1. The van der Waals surface area contributed by atoms with Crippen LogP contribution in [0, 0.1) is 0 Å². The van der Waals surface area contributed by atoms with Gasteiger partial charge in [-0.15, -0.1) is 0 Å². The summed E-state index contributed by atoms with van der Waals surface area (Å²) in [5.41, 5.74) is 7.39. The van der Waals surface area contributed by atoms with Crippen molar-refractivity contribution in [1.29, 1.82) is 0 Å². The largest absolute Gasteiger partial charge is 0.375 e. The minimum atomic E-state index is 0.215. The number of aryl methyl sites for hydroxylation is 2. The molecule has 3 nitrogen and oxygen atoms in total. The first-order valence-electron chi connectivity index (χ1n) is 7.13. The van der Waals surface area contributed by atoms with Gasteiger partial charge in [0.25, 0.3) is 0 Å². The summed E-state index contributed by atoms with van der Waals surface area (Å²) < 4.78 is 5.83. The summed E-state index contributed by atoms with van der Waals surface area (Å²) in [7, 11) is 0. The summed E-state index contributed by atoms with van der Waals surface area (Å²) in [5.74, 6) is 7.87. The minimum absolute atomic E-state index is 0.215. The highest BCUT2D eigenvalue weighted by Crippen LogP contribution is 2.24. The highest BCUT2D eigenvalue weighted by atomic mass is 32.2. The van der Waals surface area contributed by atoms with E-state index in [4.69, 9.17) is 10.6 Å². The average molecular weight is 278 g/mol. The van der Waals surface area contributed by atoms with E-state index in [1.807, 2.05) is 11.8 Å². The summed E-state index contributed by atoms with van der Waals surface area (Å²) in [6, 6.07) is 7.13. The Morgan fingerprint density at radius 2 is 2.26 bits per heavy atom. The zero-order valence-corrected chi connectivity index (χ0v) is 12.0. The lowest BCUT2D eigenvalue weighted by molar-refractivity contribution is 0.0472. The Labute approximate surface area is 119 Å². The Morgan fingerprint density at radius 1 is 1.37 bits per heavy atom. The quantitative estimate of drug-likeness (QED) is 0.650. The topological polar surface area (TPSA) is 47.3 Å². The zero-order valence-electron chi connectivity index (χ0n) is 11.2. The molecule has 0 spiro atoms. The molecule has 0 saturated carbocycles. The van der Waals surface area contributed by atoms with Crippen molar-refractivity contribution in [3.63, 3.8) is 0 Å². The predicted octanol–water partition coefficient (Wildman–Crippen LogP) is 1.68. The van der Waals surface area contributed by atoms with Gasteiger partial charge in [-0.3, -0.25) is 11.3 Å². The van der Waals surface area contributed by atoms with Crippen molar-refractivity contribution in [1.82, 2.24) is 5.43 Å². The molecule has 0 amide bonds. The molecule has 2 atom stereocenters.